The molecule has 1 aromatic carbocycles. The molecular formula is C20H24N4O3. The molecule has 2 aliphatic heterocycles. The number of H-pyrrole nitrogens is 1. The molecule has 7 heteroatoms. The summed E-state index contributed by atoms with van der Waals surface area (Å²) in [5.41, 5.74) is 2.11. The van der Waals surface area contributed by atoms with Crippen molar-refractivity contribution in [3.8, 4) is 5.75 Å². The largest absolute Gasteiger partial charge is 0.487 e. The number of nitrogens with zero attached hydrogens (tertiary/aromatic N) is 3. The lowest BCUT2D eigenvalue weighted by atomic mass is 10.1. The Kier molecular flexibility index (Phi) is 4.83. The number of fused-ring (bicyclic) bond motifs is 2. The third-order valence-corrected chi connectivity index (χ3v) is 5.19. The van der Waals surface area contributed by atoms with E-state index in [1.54, 1.807) is 0 Å². The third kappa shape index (κ3) is 3.54. The van der Waals surface area contributed by atoms with Gasteiger partial charge in [0.25, 0.3) is 5.56 Å². The number of hydrogen-bond donors (Lipinski definition) is 1. The number of rotatable bonds is 4. The number of hydrogen-bond acceptors (Lipinski definition) is 5. The highest BCUT2D eigenvalue weighted by Crippen LogP contribution is 2.26. The molecule has 1 fully saturated rings. The predicted molar refractivity (Wildman–Crippen MR) is 102 cm³/mol. The number of aromatic amines is 1. The second kappa shape index (κ2) is 7.42. The lowest BCUT2D eigenvalue weighted by Gasteiger charge is -2.34. The van der Waals surface area contributed by atoms with E-state index in [2.05, 4.69) is 16.9 Å². The second-order valence-corrected chi connectivity index (χ2v) is 7.04. The highest BCUT2D eigenvalue weighted by molar-refractivity contribution is 5.82. The lowest BCUT2D eigenvalue weighted by Crippen LogP contribution is -2.51. The van der Waals surface area contributed by atoms with Crippen molar-refractivity contribution in [3.05, 3.63) is 51.4 Å². The standard InChI is InChI=1S/C20H24N4O3/c1-2-3-8-23-9-10-24(12-18(23)25)20-21-16-13-27-17-7-5-4-6-14(17)11-15(16)19(26)22-20/h4-7H,2-3,8-13H2,1H3,(H,21,22,26). The number of nitrogens with one attached hydrogen (secondary N) is 1. The van der Waals surface area contributed by atoms with Crippen molar-refractivity contribution in [2.75, 3.05) is 31.1 Å². The number of ether oxygens (including phenoxy) is 1. The molecule has 2 aliphatic rings. The minimum Gasteiger partial charge on any atom is -0.487 e. The predicted octanol–water partition coefficient (Wildman–Crippen LogP) is 1.70. The summed E-state index contributed by atoms with van der Waals surface area (Å²) in [5, 5.41) is 0. The zero-order valence-electron chi connectivity index (χ0n) is 15.5. The first kappa shape index (κ1) is 17.6. The van der Waals surface area contributed by atoms with Gasteiger partial charge in [-0.2, -0.15) is 0 Å². The summed E-state index contributed by atoms with van der Waals surface area (Å²) in [6.45, 7) is 4.73. The van der Waals surface area contributed by atoms with Crippen molar-refractivity contribution in [2.24, 2.45) is 0 Å². The van der Waals surface area contributed by atoms with Crippen LogP contribution in [0.2, 0.25) is 0 Å². The summed E-state index contributed by atoms with van der Waals surface area (Å²) < 4.78 is 5.85. The van der Waals surface area contributed by atoms with E-state index in [-0.39, 0.29) is 24.6 Å². The van der Waals surface area contributed by atoms with Crippen LogP contribution < -0.4 is 15.2 Å². The van der Waals surface area contributed by atoms with Crippen LogP contribution in [0.15, 0.2) is 29.1 Å². The molecule has 4 rings (SSSR count). The number of amides is 1. The summed E-state index contributed by atoms with van der Waals surface area (Å²) >= 11 is 0. The molecule has 1 saturated heterocycles. The van der Waals surface area contributed by atoms with E-state index in [0.29, 0.717) is 36.7 Å². The van der Waals surface area contributed by atoms with Gasteiger partial charge in [0.15, 0.2) is 0 Å². The van der Waals surface area contributed by atoms with E-state index in [9.17, 15) is 9.59 Å². The Balaban J connectivity index is 1.56. The van der Waals surface area contributed by atoms with Gasteiger partial charge in [-0.1, -0.05) is 31.5 Å². The SMILES string of the molecule is CCCCN1CCN(c2nc3c(c(=O)[nH]2)Cc2ccccc2OC3)CC1=O. The van der Waals surface area contributed by atoms with E-state index in [1.165, 1.54) is 0 Å². The third-order valence-electron chi connectivity index (χ3n) is 5.19. The summed E-state index contributed by atoms with van der Waals surface area (Å²) in [6, 6.07) is 7.73. The van der Waals surface area contributed by atoms with Crippen molar-refractivity contribution in [1.82, 2.24) is 14.9 Å². The normalized spacial score (nSPS) is 16.4. The van der Waals surface area contributed by atoms with Gasteiger partial charge in [-0.3, -0.25) is 14.6 Å². The molecule has 1 aromatic heterocycles. The van der Waals surface area contributed by atoms with Crippen molar-refractivity contribution < 1.29 is 9.53 Å². The van der Waals surface area contributed by atoms with Crippen LogP contribution >= 0.6 is 0 Å². The monoisotopic (exact) mass is 368 g/mol. The van der Waals surface area contributed by atoms with E-state index in [1.807, 2.05) is 34.1 Å². The van der Waals surface area contributed by atoms with Gasteiger partial charge in [0.2, 0.25) is 11.9 Å². The Labute approximate surface area is 158 Å². The summed E-state index contributed by atoms with van der Waals surface area (Å²) in [5.74, 6) is 1.32. The first-order chi connectivity index (χ1) is 13.2. The summed E-state index contributed by atoms with van der Waals surface area (Å²) in [7, 11) is 0. The quantitative estimate of drug-likeness (QED) is 0.889. The minimum atomic E-state index is -0.156. The van der Waals surface area contributed by atoms with Crippen LogP contribution in [0.3, 0.4) is 0 Å². The molecule has 27 heavy (non-hydrogen) atoms. The molecule has 0 aliphatic carbocycles. The Hall–Kier alpha value is -2.83. The molecular weight excluding hydrogens is 344 g/mol. The van der Waals surface area contributed by atoms with E-state index >= 15 is 0 Å². The average molecular weight is 368 g/mol. The van der Waals surface area contributed by atoms with Gasteiger partial charge in [0.05, 0.1) is 12.2 Å². The van der Waals surface area contributed by atoms with Crippen molar-refractivity contribution in [3.63, 3.8) is 0 Å². The number of carbonyl (C=O) groups is 1. The molecule has 0 radical (unpaired) electrons. The number of unbranched alkanes of at least 4 members (excludes halogenated alkanes) is 1. The number of carbonyl (C=O) groups excluding carboxylic acids is 1. The van der Waals surface area contributed by atoms with Crippen LogP contribution in [0.4, 0.5) is 5.95 Å². The molecule has 142 valence electrons. The lowest BCUT2D eigenvalue weighted by molar-refractivity contribution is -0.131. The fraction of sp³-hybridized carbons (Fsp3) is 0.450. The van der Waals surface area contributed by atoms with Crippen molar-refractivity contribution in [1.29, 1.82) is 0 Å². The first-order valence-electron chi connectivity index (χ1n) is 9.51. The fourth-order valence-electron chi connectivity index (χ4n) is 3.58. The molecule has 2 aromatic rings. The Morgan fingerprint density at radius 2 is 2.07 bits per heavy atom. The van der Waals surface area contributed by atoms with Crippen LogP contribution in [-0.2, 0) is 17.8 Å². The molecule has 3 heterocycles. The number of anilines is 1. The molecule has 1 amide bonds. The Morgan fingerprint density at radius 1 is 1.22 bits per heavy atom. The molecule has 0 spiro atoms. The van der Waals surface area contributed by atoms with Gasteiger partial charge in [0.1, 0.15) is 12.4 Å². The van der Waals surface area contributed by atoms with Crippen molar-refractivity contribution >= 4 is 11.9 Å². The molecule has 7 nitrogen and oxygen atoms in total. The highest BCUT2D eigenvalue weighted by atomic mass is 16.5. The first-order valence-corrected chi connectivity index (χ1v) is 9.51. The van der Waals surface area contributed by atoms with Crippen LogP contribution in [0.25, 0.3) is 0 Å². The number of para-hydroxylation sites is 1. The highest BCUT2D eigenvalue weighted by Gasteiger charge is 2.26. The zero-order valence-corrected chi connectivity index (χ0v) is 15.5. The van der Waals surface area contributed by atoms with Crippen LogP contribution in [-0.4, -0.2) is 47.0 Å². The van der Waals surface area contributed by atoms with E-state index in [0.717, 1.165) is 30.7 Å². The Morgan fingerprint density at radius 3 is 2.89 bits per heavy atom. The zero-order chi connectivity index (χ0) is 18.8. The topological polar surface area (TPSA) is 78.5 Å². The summed E-state index contributed by atoms with van der Waals surface area (Å²) in [6.07, 6.45) is 2.57. The maximum atomic E-state index is 12.7. The number of aromatic nitrogens is 2. The van der Waals surface area contributed by atoms with Crippen molar-refractivity contribution in [2.45, 2.75) is 32.8 Å². The average Bonchev–Trinajstić information content (AvgIpc) is 2.87. The van der Waals surface area contributed by atoms with Gasteiger partial charge >= 0.3 is 0 Å². The molecule has 0 atom stereocenters. The van der Waals surface area contributed by atoms with E-state index < -0.39 is 0 Å². The minimum absolute atomic E-state index is 0.0796. The van der Waals surface area contributed by atoms with Crippen LogP contribution in [0.5, 0.6) is 5.75 Å². The maximum Gasteiger partial charge on any atom is 0.256 e. The van der Waals surface area contributed by atoms with Gasteiger partial charge in [-0.25, -0.2) is 4.98 Å². The van der Waals surface area contributed by atoms with Crippen LogP contribution in [0, 0.1) is 0 Å². The second-order valence-electron chi connectivity index (χ2n) is 7.04. The van der Waals surface area contributed by atoms with Gasteiger partial charge in [0, 0.05) is 31.6 Å². The van der Waals surface area contributed by atoms with Gasteiger partial charge < -0.3 is 14.5 Å². The number of benzene rings is 1. The summed E-state index contributed by atoms with van der Waals surface area (Å²) in [4.78, 5) is 36.4. The molecule has 0 saturated carbocycles. The van der Waals surface area contributed by atoms with Gasteiger partial charge in [-0.15, -0.1) is 0 Å². The molecule has 0 unspecified atom stereocenters. The maximum absolute atomic E-state index is 12.7. The fourth-order valence-corrected chi connectivity index (χ4v) is 3.58. The van der Waals surface area contributed by atoms with Gasteiger partial charge in [-0.05, 0) is 18.1 Å². The molecule has 1 N–H and O–H groups in total. The van der Waals surface area contributed by atoms with Crippen LogP contribution in [0.1, 0.15) is 36.6 Å². The molecule has 0 bridgehead atoms. The van der Waals surface area contributed by atoms with E-state index in [4.69, 9.17) is 4.74 Å². The smallest absolute Gasteiger partial charge is 0.256 e. The Bertz CT molecular complexity index is 908. The number of piperazine rings is 1.